The zero-order chi connectivity index (χ0) is 13.1. The average Bonchev–Trinajstić information content (AvgIpc) is 2.45. The topological polar surface area (TPSA) is 63.6 Å². The average molecular weight is 251 g/mol. The summed E-state index contributed by atoms with van der Waals surface area (Å²) in [6.07, 6.45) is 0. The molecule has 0 atom stereocenters. The number of para-hydroxylation sites is 1. The fourth-order valence-corrected chi connectivity index (χ4v) is 1.82. The molecule has 0 amide bonds. The Morgan fingerprint density at radius 1 is 0.895 bits per heavy atom. The van der Waals surface area contributed by atoms with Crippen molar-refractivity contribution < 1.29 is 0 Å². The van der Waals surface area contributed by atoms with Crippen LogP contribution in [0.2, 0.25) is 0 Å². The summed E-state index contributed by atoms with van der Waals surface area (Å²) in [6.45, 7) is 2.55. The maximum atomic E-state index is 4.41. The van der Waals surface area contributed by atoms with Crippen LogP contribution in [0.4, 0.5) is 5.95 Å². The highest BCUT2D eigenvalue weighted by molar-refractivity contribution is 5.73. The van der Waals surface area contributed by atoms with Crippen LogP contribution in [0.3, 0.4) is 0 Å². The molecule has 0 spiro atoms. The fraction of sp³-hybridized carbons (Fsp3) is 0.143. The van der Waals surface area contributed by atoms with Gasteiger partial charge in [-0.25, -0.2) is 4.98 Å². The molecule has 1 N–H and O–H groups in total. The first kappa shape index (κ1) is 11.5. The molecule has 1 aromatic carbocycles. The van der Waals surface area contributed by atoms with Gasteiger partial charge in [-0.15, -0.1) is 10.2 Å². The number of anilines is 1. The number of nitrogens with zero attached hydrogens (tertiary/aromatic N) is 4. The van der Waals surface area contributed by atoms with Crippen LogP contribution in [0.25, 0.3) is 11.0 Å². The molecule has 94 valence electrons. The Hall–Kier alpha value is -2.56. The van der Waals surface area contributed by atoms with Crippen LogP contribution >= 0.6 is 0 Å². The number of pyridine rings is 1. The first-order valence-electron chi connectivity index (χ1n) is 6.07. The lowest BCUT2D eigenvalue weighted by Crippen LogP contribution is -2.06. The summed E-state index contributed by atoms with van der Waals surface area (Å²) in [5, 5.41) is 11.3. The second-order valence-electron chi connectivity index (χ2n) is 4.25. The first-order chi connectivity index (χ1) is 9.31. The summed E-state index contributed by atoms with van der Waals surface area (Å²) in [4.78, 5) is 8.81. The molecule has 0 unspecified atom stereocenters. The number of hydrogen-bond donors (Lipinski definition) is 1. The predicted octanol–water partition coefficient (Wildman–Crippen LogP) is 2.34. The van der Waals surface area contributed by atoms with Gasteiger partial charge in [0, 0.05) is 5.69 Å². The zero-order valence-corrected chi connectivity index (χ0v) is 10.5. The number of aryl methyl sites for hydroxylation is 1. The fourth-order valence-electron chi connectivity index (χ4n) is 1.82. The van der Waals surface area contributed by atoms with E-state index in [0.29, 0.717) is 12.5 Å². The molecule has 0 aliphatic carbocycles. The summed E-state index contributed by atoms with van der Waals surface area (Å²) in [5.74, 6) is 0.516. The molecule has 3 aromatic rings. The standard InChI is InChI=1S/C14H13N5/c1-10-5-4-6-11(16-10)9-15-14-17-12-7-2-3-8-13(12)18-19-14/h2-8H,9H2,1H3,(H,15,17,19). The minimum Gasteiger partial charge on any atom is -0.347 e. The Labute approximate surface area is 110 Å². The maximum Gasteiger partial charge on any atom is 0.243 e. The molecule has 0 saturated heterocycles. The van der Waals surface area contributed by atoms with E-state index in [1.807, 2.05) is 49.4 Å². The minimum atomic E-state index is 0.516. The van der Waals surface area contributed by atoms with E-state index in [2.05, 4.69) is 25.5 Å². The largest absolute Gasteiger partial charge is 0.347 e. The van der Waals surface area contributed by atoms with E-state index >= 15 is 0 Å². The molecule has 2 heterocycles. The summed E-state index contributed by atoms with van der Waals surface area (Å²) in [5.41, 5.74) is 3.58. The Morgan fingerprint density at radius 3 is 2.58 bits per heavy atom. The lowest BCUT2D eigenvalue weighted by atomic mass is 10.3. The van der Waals surface area contributed by atoms with Gasteiger partial charge in [0.2, 0.25) is 5.95 Å². The van der Waals surface area contributed by atoms with Crippen molar-refractivity contribution in [2.45, 2.75) is 13.5 Å². The van der Waals surface area contributed by atoms with E-state index in [1.165, 1.54) is 0 Å². The van der Waals surface area contributed by atoms with E-state index in [1.54, 1.807) is 0 Å². The highest BCUT2D eigenvalue weighted by Gasteiger charge is 2.01. The molecule has 2 aromatic heterocycles. The highest BCUT2D eigenvalue weighted by Crippen LogP contribution is 2.09. The number of rotatable bonds is 3. The summed E-state index contributed by atoms with van der Waals surface area (Å²) in [6, 6.07) is 13.6. The molecule has 0 radical (unpaired) electrons. The van der Waals surface area contributed by atoms with Crippen molar-refractivity contribution in [3.63, 3.8) is 0 Å². The molecule has 0 fully saturated rings. The molecule has 0 bridgehead atoms. The third kappa shape index (κ3) is 2.65. The van der Waals surface area contributed by atoms with Gasteiger partial charge in [0.25, 0.3) is 0 Å². The second kappa shape index (κ2) is 4.97. The van der Waals surface area contributed by atoms with Crippen LogP contribution in [0.15, 0.2) is 42.5 Å². The Morgan fingerprint density at radius 2 is 1.74 bits per heavy atom. The monoisotopic (exact) mass is 251 g/mol. The molecule has 5 nitrogen and oxygen atoms in total. The van der Waals surface area contributed by atoms with Gasteiger partial charge < -0.3 is 5.32 Å². The Balaban J connectivity index is 1.78. The van der Waals surface area contributed by atoms with Crippen molar-refractivity contribution in [3.8, 4) is 0 Å². The first-order valence-corrected chi connectivity index (χ1v) is 6.07. The SMILES string of the molecule is Cc1cccc(CNc2nnc3ccccc3n2)n1. The van der Waals surface area contributed by atoms with Crippen molar-refractivity contribution in [1.29, 1.82) is 0 Å². The van der Waals surface area contributed by atoms with Crippen molar-refractivity contribution in [3.05, 3.63) is 53.9 Å². The van der Waals surface area contributed by atoms with E-state index in [0.717, 1.165) is 22.4 Å². The molecule has 5 heteroatoms. The van der Waals surface area contributed by atoms with Crippen molar-refractivity contribution in [1.82, 2.24) is 20.2 Å². The van der Waals surface area contributed by atoms with Gasteiger partial charge in [-0.2, -0.15) is 0 Å². The van der Waals surface area contributed by atoms with E-state index in [4.69, 9.17) is 0 Å². The number of hydrogen-bond acceptors (Lipinski definition) is 5. The molecular formula is C14H13N5. The van der Waals surface area contributed by atoms with Crippen LogP contribution in [-0.4, -0.2) is 20.2 Å². The van der Waals surface area contributed by atoms with Gasteiger partial charge in [0.15, 0.2) is 0 Å². The van der Waals surface area contributed by atoms with Crippen molar-refractivity contribution in [2.24, 2.45) is 0 Å². The molecular weight excluding hydrogens is 238 g/mol. The lowest BCUT2D eigenvalue weighted by molar-refractivity contribution is 0.952. The highest BCUT2D eigenvalue weighted by atomic mass is 15.2. The minimum absolute atomic E-state index is 0.516. The van der Waals surface area contributed by atoms with Crippen LogP contribution in [-0.2, 0) is 6.54 Å². The molecule has 0 aliphatic heterocycles. The van der Waals surface area contributed by atoms with E-state index in [9.17, 15) is 0 Å². The van der Waals surface area contributed by atoms with Crippen molar-refractivity contribution >= 4 is 17.0 Å². The second-order valence-corrected chi connectivity index (χ2v) is 4.25. The third-order valence-electron chi connectivity index (χ3n) is 2.73. The third-order valence-corrected chi connectivity index (χ3v) is 2.73. The number of nitrogens with one attached hydrogen (secondary N) is 1. The quantitative estimate of drug-likeness (QED) is 0.774. The Kier molecular flexibility index (Phi) is 3.02. The molecule has 19 heavy (non-hydrogen) atoms. The van der Waals surface area contributed by atoms with Crippen molar-refractivity contribution in [2.75, 3.05) is 5.32 Å². The normalized spacial score (nSPS) is 10.6. The summed E-state index contributed by atoms with van der Waals surface area (Å²) >= 11 is 0. The van der Waals surface area contributed by atoms with Crippen LogP contribution in [0.5, 0.6) is 0 Å². The van der Waals surface area contributed by atoms with Crippen LogP contribution in [0.1, 0.15) is 11.4 Å². The smallest absolute Gasteiger partial charge is 0.243 e. The van der Waals surface area contributed by atoms with Gasteiger partial charge in [-0.05, 0) is 31.2 Å². The van der Waals surface area contributed by atoms with E-state index in [-0.39, 0.29) is 0 Å². The van der Waals surface area contributed by atoms with Gasteiger partial charge in [0.05, 0.1) is 17.8 Å². The lowest BCUT2D eigenvalue weighted by Gasteiger charge is -2.05. The van der Waals surface area contributed by atoms with Crippen LogP contribution in [0, 0.1) is 6.92 Å². The summed E-state index contributed by atoms with van der Waals surface area (Å²) < 4.78 is 0. The number of benzene rings is 1. The maximum absolute atomic E-state index is 4.41. The van der Waals surface area contributed by atoms with Gasteiger partial charge in [-0.3, -0.25) is 4.98 Å². The van der Waals surface area contributed by atoms with Gasteiger partial charge >= 0.3 is 0 Å². The van der Waals surface area contributed by atoms with E-state index < -0.39 is 0 Å². The van der Waals surface area contributed by atoms with Gasteiger partial charge in [0.1, 0.15) is 5.52 Å². The molecule has 3 rings (SSSR count). The molecule has 0 saturated carbocycles. The van der Waals surface area contributed by atoms with Crippen LogP contribution < -0.4 is 5.32 Å². The Bertz CT molecular complexity index is 711. The van der Waals surface area contributed by atoms with Gasteiger partial charge in [-0.1, -0.05) is 18.2 Å². The number of aromatic nitrogens is 4. The molecule has 0 aliphatic rings. The summed E-state index contributed by atoms with van der Waals surface area (Å²) in [7, 11) is 0. The number of fused-ring (bicyclic) bond motifs is 1. The predicted molar refractivity (Wildman–Crippen MR) is 73.6 cm³/mol. The zero-order valence-electron chi connectivity index (χ0n) is 10.5.